The first kappa shape index (κ1) is 19.7. The highest BCUT2D eigenvalue weighted by atomic mass is 16.2. The molecular formula is C27H28N2O3. The van der Waals surface area contributed by atoms with E-state index < -0.39 is 0 Å². The van der Waals surface area contributed by atoms with Crippen LogP contribution in [-0.4, -0.2) is 47.0 Å². The highest BCUT2D eigenvalue weighted by Crippen LogP contribution is 2.60. The molecular weight excluding hydrogens is 400 g/mol. The summed E-state index contributed by atoms with van der Waals surface area (Å²) in [6.07, 6.45) is 3.96. The molecule has 2 aromatic carbocycles. The number of carbonyl (C=O) groups excluding carboxylic acids is 3. The fraction of sp³-hybridized carbons (Fsp3) is 0.444. The number of rotatable bonds is 2. The first-order chi connectivity index (χ1) is 15.6. The van der Waals surface area contributed by atoms with Crippen molar-refractivity contribution in [2.75, 3.05) is 19.6 Å². The molecule has 0 radical (unpaired) electrons. The van der Waals surface area contributed by atoms with E-state index in [0.717, 1.165) is 44.3 Å². The minimum Gasteiger partial charge on any atom is -0.342 e. The van der Waals surface area contributed by atoms with Crippen molar-refractivity contribution in [2.24, 2.45) is 11.3 Å². The minimum absolute atomic E-state index is 0.0726. The lowest BCUT2D eigenvalue weighted by atomic mass is 9.89. The molecule has 0 bridgehead atoms. The van der Waals surface area contributed by atoms with Gasteiger partial charge in [-0.1, -0.05) is 48.5 Å². The summed E-state index contributed by atoms with van der Waals surface area (Å²) >= 11 is 0. The molecule has 2 fully saturated rings. The zero-order valence-corrected chi connectivity index (χ0v) is 18.3. The van der Waals surface area contributed by atoms with Crippen molar-refractivity contribution in [2.45, 2.75) is 44.6 Å². The summed E-state index contributed by atoms with van der Waals surface area (Å²) in [5.74, 6) is 0.226. The molecule has 32 heavy (non-hydrogen) atoms. The molecule has 4 aliphatic rings. The molecule has 164 valence electrons. The normalized spacial score (nSPS) is 25.4. The summed E-state index contributed by atoms with van der Waals surface area (Å²) < 4.78 is 0. The lowest BCUT2D eigenvalue weighted by molar-refractivity contribution is -0.135. The zero-order chi connectivity index (χ0) is 21.9. The van der Waals surface area contributed by atoms with Crippen molar-refractivity contribution in [1.82, 2.24) is 9.80 Å². The van der Waals surface area contributed by atoms with E-state index in [1.54, 1.807) is 0 Å². The summed E-state index contributed by atoms with van der Waals surface area (Å²) in [7, 11) is 0. The van der Waals surface area contributed by atoms with Crippen molar-refractivity contribution in [1.29, 1.82) is 0 Å². The Kier molecular flexibility index (Phi) is 4.49. The van der Waals surface area contributed by atoms with Crippen LogP contribution in [0.2, 0.25) is 0 Å². The van der Waals surface area contributed by atoms with Crippen LogP contribution in [0.25, 0.3) is 0 Å². The molecule has 1 spiro atoms. The van der Waals surface area contributed by atoms with Gasteiger partial charge in [0.05, 0.1) is 5.92 Å². The predicted octanol–water partition coefficient (Wildman–Crippen LogP) is 3.57. The number of benzene rings is 2. The van der Waals surface area contributed by atoms with E-state index in [2.05, 4.69) is 24.3 Å². The highest BCUT2D eigenvalue weighted by molar-refractivity contribution is 6.06. The summed E-state index contributed by atoms with van der Waals surface area (Å²) in [6, 6.07) is 15.9. The van der Waals surface area contributed by atoms with Gasteiger partial charge in [-0.05, 0) is 47.8 Å². The van der Waals surface area contributed by atoms with Gasteiger partial charge in [0.15, 0.2) is 5.78 Å². The Bertz CT molecular complexity index is 1120. The van der Waals surface area contributed by atoms with Crippen LogP contribution in [0, 0.1) is 11.3 Å². The average Bonchev–Trinajstić information content (AvgIpc) is 3.43. The van der Waals surface area contributed by atoms with E-state index in [4.69, 9.17) is 0 Å². The van der Waals surface area contributed by atoms with Crippen LogP contribution in [0.15, 0.2) is 48.5 Å². The monoisotopic (exact) mass is 428 g/mol. The Hall–Kier alpha value is -2.95. The number of Topliss-reactive ketones (excluding diaryl/α,β-unsaturated/α-hetero) is 1. The molecule has 1 saturated carbocycles. The van der Waals surface area contributed by atoms with Crippen LogP contribution >= 0.6 is 0 Å². The average molecular weight is 429 g/mol. The van der Waals surface area contributed by atoms with Crippen molar-refractivity contribution in [3.05, 3.63) is 70.8 Å². The fourth-order valence-corrected chi connectivity index (χ4v) is 6.23. The predicted molar refractivity (Wildman–Crippen MR) is 120 cm³/mol. The quantitative estimate of drug-likeness (QED) is 0.735. The molecule has 1 saturated heterocycles. The van der Waals surface area contributed by atoms with Gasteiger partial charge in [-0.25, -0.2) is 0 Å². The maximum absolute atomic E-state index is 13.2. The molecule has 2 aromatic rings. The second-order valence-electron chi connectivity index (χ2n) is 9.99. The van der Waals surface area contributed by atoms with Crippen LogP contribution in [0.3, 0.4) is 0 Å². The topological polar surface area (TPSA) is 57.7 Å². The lowest BCUT2D eigenvalue weighted by Gasteiger charge is -2.35. The van der Waals surface area contributed by atoms with Gasteiger partial charge in [0.1, 0.15) is 0 Å². The number of nitrogens with zero attached hydrogens (tertiary/aromatic N) is 2. The third-order valence-corrected chi connectivity index (χ3v) is 8.33. The van der Waals surface area contributed by atoms with Gasteiger partial charge in [0, 0.05) is 44.1 Å². The van der Waals surface area contributed by atoms with Crippen LogP contribution in [0.4, 0.5) is 0 Å². The van der Waals surface area contributed by atoms with Gasteiger partial charge in [0.25, 0.3) is 0 Å². The molecule has 5 nitrogen and oxygen atoms in total. The SMILES string of the molecule is O=C1C[C@H](C(=O)N2CCC3(CC2)C[C@@H]3C(=O)N2CCc3ccccc3C2)c2ccccc21. The van der Waals surface area contributed by atoms with Crippen molar-refractivity contribution in [3.63, 3.8) is 0 Å². The van der Waals surface area contributed by atoms with Crippen molar-refractivity contribution >= 4 is 17.6 Å². The Morgan fingerprint density at radius 2 is 1.56 bits per heavy atom. The number of amides is 2. The van der Waals surface area contributed by atoms with Crippen LogP contribution in [0.1, 0.15) is 58.6 Å². The van der Waals surface area contributed by atoms with E-state index in [-0.39, 0.29) is 35.4 Å². The largest absolute Gasteiger partial charge is 0.342 e. The maximum Gasteiger partial charge on any atom is 0.230 e. The van der Waals surface area contributed by atoms with Crippen LogP contribution in [0.5, 0.6) is 0 Å². The van der Waals surface area contributed by atoms with Gasteiger partial charge in [-0.2, -0.15) is 0 Å². The van der Waals surface area contributed by atoms with Crippen LogP contribution in [-0.2, 0) is 22.6 Å². The second-order valence-corrected chi connectivity index (χ2v) is 9.99. The van der Waals surface area contributed by atoms with Crippen molar-refractivity contribution < 1.29 is 14.4 Å². The molecule has 2 heterocycles. The highest BCUT2D eigenvalue weighted by Gasteiger charge is 2.59. The molecule has 2 atom stereocenters. The van der Waals surface area contributed by atoms with E-state index in [9.17, 15) is 14.4 Å². The van der Waals surface area contributed by atoms with E-state index in [1.807, 2.05) is 34.1 Å². The second kappa shape index (κ2) is 7.29. The Labute approximate surface area is 188 Å². The van der Waals surface area contributed by atoms with Gasteiger partial charge in [0.2, 0.25) is 11.8 Å². The number of carbonyl (C=O) groups is 3. The summed E-state index contributed by atoms with van der Waals surface area (Å²) in [5.41, 5.74) is 4.30. The molecule has 2 aliphatic carbocycles. The number of likely N-dealkylation sites (tertiary alicyclic amines) is 1. The van der Waals surface area contributed by atoms with Gasteiger partial charge in [-0.3, -0.25) is 14.4 Å². The number of hydrogen-bond donors (Lipinski definition) is 0. The summed E-state index contributed by atoms with van der Waals surface area (Å²) in [6.45, 7) is 2.92. The fourth-order valence-electron chi connectivity index (χ4n) is 6.23. The number of piperidine rings is 1. The van der Waals surface area contributed by atoms with E-state index in [1.165, 1.54) is 11.1 Å². The molecule has 0 N–H and O–H groups in total. The molecule has 2 aliphatic heterocycles. The van der Waals surface area contributed by atoms with Gasteiger partial charge >= 0.3 is 0 Å². The zero-order valence-electron chi connectivity index (χ0n) is 18.3. The molecule has 0 unspecified atom stereocenters. The summed E-state index contributed by atoms with van der Waals surface area (Å²) in [5, 5.41) is 0. The maximum atomic E-state index is 13.2. The molecule has 6 rings (SSSR count). The number of ketones is 1. The Balaban J connectivity index is 1.08. The molecule has 2 amide bonds. The molecule has 5 heteroatoms. The number of hydrogen-bond acceptors (Lipinski definition) is 3. The third kappa shape index (κ3) is 3.09. The van der Waals surface area contributed by atoms with Crippen molar-refractivity contribution in [3.8, 4) is 0 Å². The van der Waals surface area contributed by atoms with Gasteiger partial charge in [-0.15, -0.1) is 0 Å². The summed E-state index contributed by atoms with van der Waals surface area (Å²) in [4.78, 5) is 42.8. The lowest BCUT2D eigenvalue weighted by Crippen LogP contribution is -2.43. The standard InChI is InChI=1S/C27H28N2O3/c30-24-15-22(20-7-3-4-8-21(20)24)25(31)28-13-10-27(11-14-28)16-23(27)26(32)29-12-9-18-5-1-2-6-19(18)17-29/h1-8,22-23H,9-17H2/t22-,23+/m0/s1. The Morgan fingerprint density at radius 3 is 2.38 bits per heavy atom. The first-order valence-electron chi connectivity index (χ1n) is 11.8. The Morgan fingerprint density at radius 1 is 0.844 bits per heavy atom. The molecule has 0 aromatic heterocycles. The van der Waals surface area contributed by atoms with Crippen LogP contribution < -0.4 is 0 Å². The first-order valence-corrected chi connectivity index (χ1v) is 11.8. The van der Waals surface area contributed by atoms with E-state index >= 15 is 0 Å². The third-order valence-electron chi connectivity index (χ3n) is 8.33. The van der Waals surface area contributed by atoms with Gasteiger partial charge < -0.3 is 9.80 Å². The minimum atomic E-state index is -0.335. The number of fused-ring (bicyclic) bond motifs is 2. The smallest absolute Gasteiger partial charge is 0.230 e. The van der Waals surface area contributed by atoms with E-state index in [0.29, 0.717) is 24.6 Å².